The molecule has 0 saturated heterocycles. The Morgan fingerprint density at radius 3 is 2.74 bits per heavy atom. The van der Waals surface area contributed by atoms with Crippen molar-refractivity contribution in [2.24, 2.45) is 0 Å². The molecule has 0 bridgehead atoms. The molecule has 0 aromatic carbocycles. The normalized spacial score (nSPS) is 10.5. The fourth-order valence-corrected chi connectivity index (χ4v) is 1.64. The third kappa shape index (κ3) is 2.73. The van der Waals surface area contributed by atoms with Gasteiger partial charge < -0.3 is 9.26 Å². The van der Waals surface area contributed by atoms with Crippen LogP contribution in [-0.4, -0.2) is 27.7 Å². The lowest BCUT2D eigenvalue weighted by atomic mass is 10.2. The van der Waals surface area contributed by atoms with Crippen molar-refractivity contribution >= 4 is 17.6 Å². The van der Waals surface area contributed by atoms with Crippen LogP contribution >= 0.6 is 11.6 Å². The van der Waals surface area contributed by atoms with Crippen molar-refractivity contribution in [2.45, 2.75) is 20.8 Å². The summed E-state index contributed by atoms with van der Waals surface area (Å²) < 4.78 is 9.88. The second-order valence-corrected chi connectivity index (χ2v) is 4.21. The highest BCUT2D eigenvalue weighted by atomic mass is 35.5. The summed E-state index contributed by atoms with van der Waals surface area (Å²) in [5.41, 5.74) is 1.03. The molecule has 7 heteroatoms. The van der Waals surface area contributed by atoms with E-state index < -0.39 is 5.97 Å². The van der Waals surface area contributed by atoms with E-state index in [9.17, 15) is 4.79 Å². The van der Waals surface area contributed by atoms with Gasteiger partial charge in [0.2, 0.25) is 0 Å². The maximum absolute atomic E-state index is 11.8. The Balaban J connectivity index is 2.50. The van der Waals surface area contributed by atoms with E-state index in [0.717, 1.165) is 0 Å². The van der Waals surface area contributed by atoms with Crippen LogP contribution in [0.3, 0.4) is 0 Å². The summed E-state index contributed by atoms with van der Waals surface area (Å²) in [7, 11) is 0. The van der Waals surface area contributed by atoms with E-state index in [2.05, 4.69) is 15.1 Å². The van der Waals surface area contributed by atoms with Gasteiger partial charge in [-0.15, -0.1) is 0 Å². The Morgan fingerprint density at radius 1 is 1.42 bits per heavy atom. The van der Waals surface area contributed by atoms with Crippen LogP contribution in [0.2, 0.25) is 5.15 Å². The number of aryl methyl sites for hydroxylation is 1. The number of aromatic nitrogens is 3. The first-order valence-electron chi connectivity index (χ1n) is 5.68. The molecule has 0 saturated carbocycles. The number of ether oxygens (including phenoxy) is 1. The number of halogens is 1. The van der Waals surface area contributed by atoms with Crippen molar-refractivity contribution in [3.05, 3.63) is 28.2 Å². The highest BCUT2D eigenvalue weighted by molar-refractivity contribution is 6.30. The molecular weight excluding hydrogens is 270 g/mol. The van der Waals surface area contributed by atoms with Crippen LogP contribution in [0.5, 0.6) is 0 Å². The predicted octanol–water partition coefficient (Wildman–Crippen LogP) is 2.58. The van der Waals surface area contributed by atoms with Gasteiger partial charge in [-0.3, -0.25) is 0 Å². The minimum atomic E-state index is -0.536. The molecule has 0 aliphatic heterocycles. The molecule has 0 amide bonds. The second kappa shape index (κ2) is 5.36. The molecule has 0 aliphatic carbocycles. The minimum absolute atomic E-state index is 0.137. The largest absolute Gasteiger partial charge is 0.461 e. The number of nitrogens with zero attached hydrogens (tertiary/aromatic N) is 3. The second-order valence-electron chi connectivity index (χ2n) is 3.85. The maximum Gasteiger partial charge on any atom is 0.357 e. The lowest BCUT2D eigenvalue weighted by Gasteiger charge is -2.07. The third-order valence-corrected chi connectivity index (χ3v) is 2.78. The quantitative estimate of drug-likeness (QED) is 0.635. The summed E-state index contributed by atoms with van der Waals surface area (Å²) in [4.78, 5) is 20.0. The van der Waals surface area contributed by atoms with Crippen LogP contribution < -0.4 is 0 Å². The van der Waals surface area contributed by atoms with Crippen molar-refractivity contribution in [3.63, 3.8) is 0 Å². The van der Waals surface area contributed by atoms with Gasteiger partial charge in [0.05, 0.1) is 6.61 Å². The topological polar surface area (TPSA) is 78.1 Å². The molecule has 0 unspecified atom stereocenters. The molecule has 100 valence electrons. The van der Waals surface area contributed by atoms with Crippen molar-refractivity contribution in [3.8, 4) is 11.5 Å². The standard InChI is InChI=1S/C12H12ClN3O3/c1-4-18-12(17)9-7(3)10(13)15-11(14-9)8-5-6(2)19-16-8/h5H,4H2,1-3H3. The van der Waals surface area contributed by atoms with Crippen molar-refractivity contribution in [1.29, 1.82) is 0 Å². The highest BCUT2D eigenvalue weighted by Gasteiger charge is 2.19. The Hall–Kier alpha value is -1.95. The van der Waals surface area contributed by atoms with E-state index in [1.54, 1.807) is 26.8 Å². The van der Waals surface area contributed by atoms with Crippen LogP contribution in [-0.2, 0) is 4.74 Å². The molecule has 0 spiro atoms. The van der Waals surface area contributed by atoms with Gasteiger partial charge >= 0.3 is 5.97 Å². The maximum atomic E-state index is 11.8. The van der Waals surface area contributed by atoms with Crippen molar-refractivity contribution in [2.75, 3.05) is 6.61 Å². The summed E-state index contributed by atoms with van der Waals surface area (Å²) in [6, 6.07) is 1.66. The number of rotatable bonds is 3. The van der Waals surface area contributed by atoms with Gasteiger partial charge in [0.25, 0.3) is 0 Å². The van der Waals surface area contributed by atoms with Gasteiger partial charge in [-0.2, -0.15) is 0 Å². The molecule has 2 aromatic rings. The molecule has 2 heterocycles. The van der Waals surface area contributed by atoms with Gasteiger partial charge in [0, 0.05) is 11.6 Å². The highest BCUT2D eigenvalue weighted by Crippen LogP contribution is 2.22. The fourth-order valence-electron chi connectivity index (χ4n) is 1.47. The fraction of sp³-hybridized carbons (Fsp3) is 0.333. The van der Waals surface area contributed by atoms with Gasteiger partial charge in [-0.05, 0) is 20.8 Å². The SMILES string of the molecule is CCOC(=O)c1nc(-c2cc(C)on2)nc(Cl)c1C. The van der Waals surface area contributed by atoms with Crippen LogP contribution in [0.1, 0.15) is 28.7 Å². The van der Waals surface area contributed by atoms with E-state index in [1.165, 1.54) is 0 Å². The minimum Gasteiger partial charge on any atom is -0.461 e. The molecule has 2 aromatic heterocycles. The molecule has 0 N–H and O–H groups in total. The van der Waals surface area contributed by atoms with E-state index in [4.69, 9.17) is 20.9 Å². The average Bonchev–Trinajstić information content (AvgIpc) is 2.79. The Labute approximate surface area is 114 Å². The number of esters is 1. The summed E-state index contributed by atoms with van der Waals surface area (Å²) in [6.07, 6.45) is 0. The molecule has 0 atom stereocenters. The first-order valence-corrected chi connectivity index (χ1v) is 6.05. The van der Waals surface area contributed by atoms with Gasteiger partial charge in [0.1, 0.15) is 10.9 Å². The van der Waals surface area contributed by atoms with Crippen LogP contribution in [0.4, 0.5) is 0 Å². The summed E-state index contributed by atoms with van der Waals surface area (Å²) in [5, 5.41) is 3.98. The first kappa shape index (κ1) is 13.5. The Bertz CT molecular complexity index is 625. The Morgan fingerprint density at radius 2 is 2.16 bits per heavy atom. The van der Waals surface area contributed by atoms with E-state index in [1.807, 2.05) is 0 Å². The van der Waals surface area contributed by atoms with Crippen molar-refractivity contribution in [1.82, 2.24) is 15.1 Å². The monoisotopic (exact) mass is 281 g/mol. The number of carbonyl (C=O) groups is 1. The number of hydrogen-bond acceptors (Lipinski definition) is 6. The van der Waals surface area contributed by atoms with E-state index >= 15 is 0 Å². The van der Waals surface area contributed by atoms with Crippen LogP contribution in [0.25, 0.3) is 11.5 Å². The zero-order chi connectivity index (χ0) is 14.0. The van der Waals surface area contributed by atoms with Gasteiger partial charge in [-0.25, -0.2) is 14.8 Å². The molecule has 0 radical (unpaired) electrons. The lowest BCUT2D eigenvalue weighted by Crippen LogP contribution is -2.11. The van der Waals surface area contributed by atoms with Crippen molar-refractivity contribution < 1.29 is 14.1 Å². The third-order valence-electron chi connectivity index (χ3n) is 2.41. The van der Waals surface area contributed by atoms with Gasteiger partial charge in [0.15, 0.2) is 17.2 Å². The van der Waals surface area contributed by atoms with Crippen LogP contribution in [0.15, 0.2) is 10.6 Å². The zero-order valence-electron chi connectivity index (χ0n) is 10.7. The molecule has 6 nitrogen and oxygen atoms in total. The van der Waals surface area contributed by atoms with E-state index in [0.29, 0.717) is 17.0 Å². The first-order chi connectivity index (χ1) is 9.02. The predicted molar refractivity (Wildman–Crippen MR) is 68.0 cm³/mol. The summed E-state index contributed by atoms with van der Waals surface area (Å²) in [6.45, 7) is 5.39. The average molecular weight is 282 g/mol. The van der Waals surface area contributed by atoms with E-state index in [-0.39, 0.29) is 23.3 Å². The number of carbonyl (C=O) groups excluding carboxylic acids is 1. The summed E-state index contributed by atoms with van der Waals surface area (Å²) in [5.74, 6) is 0.314. The molecular formula is C12H12ClN3O3. The molecule has 0 fully saturated rings. The van der Waals surface area contributed by atoms with Gasteiger partial charge in [-0.1, -0.05) is 16.8 Å². The molecule has 0 aliphatic rings. The molecule has 2 rings (SSSR count). The Kier molecular flexibility index (Phi) is 3.80. The number of hydrogen-bond donors (Lipinski definition) is 0. The smallest absolute Gasteiger partial charge is 0.357 e. The molecule has 19 heavy (non-hydrogen) atoms. The lowest BCUT2D eigenvalue weighted by molar-refractivity contribution is 0.0518. The van der Waals surface area contributed by atoms with Crippen LogP contribution in [0, 0.1) is 13.8 Å². The zero-order valence-corrected chi connectivity index (χ0v) is 11.5. The summed E-state index contributed by atoms with van der Waals surface area (Å²) >= 11 is 6.00.